The number of anilines is 1. The highest BCUT2D eigenvalue weighted by Crippen LogP contribution is 2.40. The topological polar surface area (TPSA) is 111 Å². The van der Waals surface area contributed by atoms with Crippen molar-refractivity contribution in [1.82, 2.24) is 10.4 Å². The summed E-state index contributed by atoms with van der Waals surface area (Å²) in [6.45, 7) is 9.71. The van der Waals surface area contributed by atoms with Gasteiger partial charge in [-0.3, -0.25) is 19.7 Å². The number of phenolic OH excluding ortho intramolecular Hbond substituents is 1. The lowest BCUT2D eigenvalue weighted by atomic mass is 9.99. The molecular formula is C24H23Cl2N3O5. The second-order valence-electron chi connectivity index (χ2n) is 7.48. The van der Waals surface area contributed by atoms with Crippen LogP contribution in [0.1, 0.15) is 12.0 Å². The summed E-state index contributed by atoms with van der Waals surface area (Å²) in [7, 11) is 0. The van der Waals surface area contributed by atoms with Crippen molar-refractivity contribution >= 4 is 40.7 Å². The molecule has 1 aliphatic heterocycles. The van der Waals surface area contributed by atoms with Gasteiger partial charge in [0.2, 0.25) is 0 Å². The minimum atomic E-state index is -1.24. The van der Waals surface area contributed by atoms with Crippen LogP contribution in [0.2, 0.25) is 10.0 Å². The summed E-state index contributed by atoms with van der Waals surface area (Å²) in [6, 6.07) is 7.50. The third-order valence-electron chi connectivity index (χ3n) is 5.23. The molecule has 178 valence electrons. The number of nitrogens with one attached hydrogen (secondary N) is 2. The minimum Gasteiger partial charge on any atom is -0.508 e. The minimum absolute atomic E-state index is 0.0792. The quantitative estimate of drug-likeness (QED) is 0.245. The van der Waals surface area contributed by atoms with Gasteiger partial charge in [0.25, 0.3) is 0 Å². The van der Waals surface area contributed by atoms with E-state index in [4.69, 9.17) is 33.1 Å². The molecule has 2 aromatic carbocycles. The highest BCUT2D eigenvalue weighted by atomic mass is 35.5. The SMILES string of the molecule is C=CC1=C(C=C)CN(Cc2cc(Oc3c(Cl)cc(NC(=O)C(=O)NO)cc3Cl)ccc2O)CC1. The lowest BCUT2D eigenvalue weighted by molar-refractivity contribution is -0.141. The standard InChI is InChI=1S/C24H23Cl2N3O5/c1-3-14-7-8-29(12-15(14)4-2)13-16-9-18(5-6-21(16)30)34-22-19(25)10-17(11-20(22)26)27-23(31)24(32)28-33/h3-6,9-11,30,33H,1-2,7-8,12-13H2,(H,27,31)(H,28,32). The first-order chi connectivity index (χ1) is 16.2. The van der Waals surface area contributed by atoms with Crippen LogP contribution in [0.3, 0.4) is 0 Å². The van der Waals surface area contributed by atoms with E-state index in [9.17, 15) is 14.7 Å². The monoisotopic (exact) mass is 503 g/mol. The van der Waals surface area contributed by atoms with Crippen molar-refractivity contribution in [3.63, 3.8) is 0 Å². The van der Waals surface area contributed by atoms with Crippen LogP contribution in [0.4, 0.5) is 5.69 Å². The van der Waals surface area contributed by atoms with E-state index < -0.39 is 11.8 Å². The fourth-order valence-corrected chi connectivity index (χ4v) is 4.07. The first-order valence-corrected chi connectivity index (χ1v) is 10.9. The molecule has 10 heteroatoms. The van der Waals surface area contributed by atoms with E-state index in [0.717, 1.165) is 18.5 Å². The molecule has 2 amide bonds. The van der Waals surface area contributed by atoms with Crippen LogP contribution in [0, 0.1) is 0 Å². The molecule has 0 radical (unpaired) electrons. The van der Waals surface area contributed by atoms with E-state index in [1.165, 1.54) is 29.3 Å². The lowest BCUT2D eigenvalue weighted by Gasteiger charge is -2.29. The number of carbonyl (C=O) groups excluding carboxylic acids is 2. The summed E-state index contributed by atoms with van der Waals surface area (Å²) < 4.78 is 5.87. The Morgan fingerprint density at radius 1 is 1.09 bits per heavy atom. The molecule has 1 aliphatic rings. The Hall–Kier alpha value is -3.30. The summed E-state index contributed by atoms with van der Waals surface area (Å²) in [4.78, 5) is 25.0. The van der Waals surface area contributed by atoms with Gasteiger partial charge in [0.15, 0.2) is 5.75 Å². The number of carbonyl (C=O) groups is 2. The number of hydrogen-bond acceptors (Lipinski definition) is 6. The zero-order valence-corrected chi connectivity index (χ0v) is 19.6. The largest absolute Gasteiger partial charge is 0.508 e. The highest BCUT2D eigenvalue weighted by Gasteiger charge is 2.19. The molecule has 0 atom stereocenters. The van der Waals surface area contributed by atoms with Crippen LogP contribution in [0.5, 0.6) is 17.2 Å². The number of ether oxygens (including phenoxy) is 1. The van der Waals surface area contributed by atoms with Crippen molar-refractivity contribution in [2.75, 3.05) is 18.4 Å². The van der Waals surface area contributed by atoms with Crippen LogP contribution in [0.25, 0.3) is 0 Å². The van der Waals surface area contributed by atoms with Crippen LogP contribution in [-0.4, -0.2) is 40.1 Å². The number of hydrogen-bond donors (Lipinski definition) is 4. The summed E-state index contributed by atoms with van der Waals surface area (Å²) in [5.74, 6) is -1.68. The van der Waals surface area contributed by atoms with Gasteiger partial charge < -0.3 is 15.2 Å². The van der Waals surface area contributed by atoms with Crippen LogP contribution >= 0.6 is 23.2 Å². The smallest absolute Gasteiger partial charge is 0.332 e. The van der Waals surface area contributed by atoms with Gasteiger partial charge in [-0.1, -0.05) is 48.5 Å². The van der Waals surface area contributed by atoms with Gasteiger partial charge in [-0.15, -0.1) is 0 Å². The molecular weight excluding hydrogens is 481 g/mol. The van der Waals surface area contributed by atoms with E-state index in [1.807, 2.05) is 12.2 Å². The van der Waals surface area contributed by atoms with Gasteiger partial charge in [-0.25, -0.2) is 5.48 Å². The van der Waals surface area contributed by atoms with E-state index in [2.05, 4.69) is 23.4 Å². The van der Waals surface area contributed by atoms with Crippen molar-refractivity contribution in [2.45, 2.75) is 13.0 Å². The van der Waals surface area contributed by atoms with Crippen molar-refractivity contribution < 1.29 is 24.6 Å². The lowest BCUT2D eigenvalue weighted by Crippen LogP contribution is -2.33. The molecule has 2 aromatic rings. The highest BCUT2D eigenvalue weighted by molar-refractivity contribution is 6.40. The molecule has 0 bridgehead atoms. The normalized spacial score (nSPS) is 13.9. The number of allylic oxidation sites excluding steroid dienone is 1. The molecule has 0 saturated carbocycles. The van der Waals surface area contributed by atoms with Crippen molar-refractivity contribution in [3.05, 3.63) is 82.4 Å². The number of benzene rings is 2. The number of aromatic hydroxyl groups is 1. The van der Waals surface area contributed by atoms with Crippen LogP contribution in [0.15, 0.2) is 66.8 Å². The van der Waals surface area contributed by atoms with Crippen LogP contribution in [-0.2, 0) is 16.1 Å². The van der Waals surface area contributed by atoms with Gasteiger partial charge in [0.05, 0.1) is 10.0 Å². The molecule has 0 fully saturated rings. The number of nitrogens with zero attached hydrogens (tertiary/aromatic N) is 1. The molecule has 0 saturated heterocycles. The van der Waals surface area contributed by atoms with Gasteiger partial charge in [0.1, 0.15) is 11.5 Å². The molecule has 0 spiro atoms. The molecule has 3 rings (SSSR count). The molecule has 34 heavy (non-hydrogen) atoms. The Morgan fingerprint density at radius 2 is 1.76 bits per heavy atom. The zero-order valence-electron chi connectivity index (χ0n) is 18.1. The maximum Gasteiger partial charge on any atom is 0.332 e. The van der Waals surface area contributed by atoms with Gasteiger partial charge in [-0.05, 0) is 47.9 Å². The van der Waals surface area contributed by atoms with Gasteiger partial charge in [0, 0.05) is 30.9 Å². The van der Waals surface area contributed by atoms with E-state index in [1.54, 1.807) is 12.1 Å². The average Bonchev–Trinajstić information content (AvgIpc) is 2.82. The maximum absolute atomic E-state index is 11.6. The molecule has 8 nitrogen and oxygen atoms in total. The molecule has 0 unspecified atom stereocenters. The first kappa shape index (κ1) is 25.3. The van der Waals surface area contributed by atoms with Crippen molar-refractivity contribution in [3.8, 4) is 17.2 Å². The summed E-state index contributed by atoms with van der Waals surface area (Å²) >= 11 is 12.6. The Kier molecular flexibility index (Phi) is 8.36. The molecule has 1 heterocycles. The number of hydroxylamine groups is 1. The predicted octanol–water partition coefficient (Wildman–Crippen LogP) is 4.81. The third-order valence-corrected chi connectivity index (χ3v) is 5.79. The fraction of sp³-hybridized carbons (Fsp3) is 0.167. The van der Waals surface area contributed by atoms with Gasteiger partial charge in [-0.2, -0.15) is 0 Å². The number of rotatable bonds is 7. The third kappa shape index (κ3) is 5.98. The maximum atomic E-state index is 11.6. The second-order valence-corrected chi connectivity index (χ2v) is 8.29. The molecule has 0 aliphatic carbocycles. The Bertz CT molecular complexity index is 1160. The Labute approximate surface area is 206 Å². The summed E-state index contributed by atoms with van der Waals surface area (Å²) in [5, 5.41) is 21.3. The summed E-state index contributed by atoms with van der Waals surface area (Å²) in [5.41, 5.74) is 4.31. The predicted molar refractivity (Wildman–Crippen MR) is 131 cm³/mol. The Balaban J connectivity index is 1.77. The first-order valence-electron chi connectivity index (χ1n) is 10.2. The van der Waals surface area contributed by atoms with Crippen molar-refractivity contribution in [1.29, 1.82) is 0 Å². The Morgan fingerprint density at radius 3 is 2.38 bits per heavy atom. The molecule has 0 aromatic heterocycles. The average molecular weight is 504 g/mol. The number of halogens is 2. The zero-order chi connectivity index (χ0) is 24.8. The van der Waals surface area contributed by atoms with E-state index in [-0.39, 0.29) is 27.2 Å². The second kappa shape index (κ2) is 11.2. The fourth-order valence-electron chi connectivity index (χ4n) is 3.50. The van der Waals surface area contributed by atoms with Gasteiger partial charge >= 0.3 is 11.8 Å². The number of amides is 2. The number of phenols is 1. The van der Waals surface area contributed by atoms with E-state index >= 15 is 0 Å². The van der Waals surface area contributed by atoms with E-state index in [0.29, 0.717) is 24.4 Å². The van der Waals surface area contributed by atoms with Crippen molar-refractivity contribution in [2.24, 2.45) is 0 Å². The van der Waals surface area contributed by atoms with Crippen LogP contribution < -0.4 is 15.5 Å². The summed E-state index contributed by atoms with van der Waals surface area (Å²) in [6.07, 6.45) is 4.52. The molecule has 4 N–H and O–H groups in total.